The Hall–Kier alpha value is -2.21. The molecule has 5 nitrogen and oxygen atoms in total. The summed E-state index contributed by atoms with van der Waals surface area (Å²) in [4.78, 5) is 14.9. The number of amides is 1. The Morgan fingerprint density at radius 2 is 2.08 bits per heavy atom. The van der Waals surface area contributed by atoms with Crippen LogP contribution in [0.15, 0.2) is 24.3 Å². The fourth-order valence-corrected chi connectivity index (χ4v) is 3.68. The molecule has 1 aromatic carbocycles. The highest BCUT2D eigenvalue weighted by molar-refractivity contribution is 5.94. The number of fused-ring (bicyclic) bond motifs is 1. The zero-order valence-corrected chi connectivity index (χ0v) is 13.8. The van der Waals surface area contributed by atoms with Crippen molar-refractivity contribution in [3.63, 3.8) is 0 Å². The van der Waals surface area contributed by atoms with Gasteiger partial charge in [0.1, 0.15) is 5.82 Å². The predicted molar refractivity (Wildman–Crippen MR) is 88.9 cm³/mol. The largest absolute Gasteiger partial charge is 0.332 e. The van der Waals surface area contributed by atoms with Crippen LogP contribution in [0.1, 0.15) is 35.1 Å². The smallest absolute Gasteiger partial charge is 0.274 e. The average molecular weight is 328 g/mol. The first-order valence-electron chi connectivity index (χ1n) is 8.53. The molecule has 1 amide bonds. The minimum Gasteiger partial charge on any atom is -0.332 e. The van der Waals surface area contributed by atoms with Gasteiger partial charge in [0.15, 0.2) is 5.69 Å². The van der Waals surface area contributed by atoms with Gasteiger partial charge < -0.3 is 10.2 Å². The lowest BCUT2D eigenvalue weighted by atomic mass is 10.1. The van der Waals surface area contributed by atoms with Gasteiger partial charge in [-0.1, -0.05) is 0 Å². The molecule has 1 aromatic heterocycles. The minimum absolute atomic E-state index is 0.0167. The van der Waals surface area contributed by atoms with Gasteiger partial charge in [0.25, 0.3) is 5.91 Å². The van der Waals surface area contributed by atoms with Gasteiger partial charge in [-0.05, 0) is 50.5 Å². The van der Waals surface area contributed by atoms with Gasteiger partial charge >= 0.3 is 0 Å². The molecular formula is C18H21FN4O. The second kappa shape index (κ2) is 6.02. The number of nitrogens with one attached hydrogen (secondary N) is 1. The number of nitrogens with zero attached hydrogens (tertiary/aromatic N) is 3. The van der Waals surface area contributed by atoms with E-state index in [2.05, 4.69) is 17.3 Å². The molecule has 1 aliphatic heterocycles. The van der Waals surface area contributed by atoms with Crippen molar-refractivity contribution in [3.05, 3.63) is 47.0 Å². The van der Waals surface area contributed by atoms with Crippen LogP contribution in [-0.4, -0.2) is 46.3 Å². The van der Waals surface area contributed by atoms with E-state index in [0.717, 1.165) is 49.3 Å². The summed E-state index contributed by atoms with van der Waals surface area (Å²) in [5.74, 6) is -0.253. The minimum atomic E-state index is -0.270. The van der Waals surface area contributed by atoms with Crippen LogP contribution in [0.3, 0.4) is 0 Å². The summed E-state index contributed by atoms with van der Waals surface area (Å²) in [6.45, 7) is 4.39. The van der Waals surface area contributed by atoms with Gasteiger partial charge in [-0.3, -0.25) is 4.79 Å². The van der Waals surface area contributed by atoms with E-state index in [1.807, 2.05) is 9.58 Å². The van der Waals surface area contributed by atoms with Gasteiger partial charge in [0.05, 0.1) is 5.69 Å². The third kappa shape index (κ3) is 2.51. The highest BCUT2D eigenvalue weighted by Gasteiger charge is 2.32. The van der Waals surface area contributed by atoms with Crippen LogP contribution in [0.2, 0.25) is 0 Å². The molecule has 0 radical (unpaired) electrons. The third-order valence-corrected chi connectivity index (χ3v) is 4.97. The predicted octanol–water partition coefficient (Wildman–Crippen LogP) is 1.93. The van der Waals surface area contributed by atoms with E-state index in [1.54, 1.807) is 12.1 Å². The van der Waals surface area contributed by atoms with Gasteiger partial charge in [-0.15, -0.1) is 0 Å². The Morgan fingerprint density at radius 1 is 1.29 bits per heavy atom. The molecule has 0 saturated carbocycles. The standard InChI is InChI=1S/C18H21FN4O/c1-12-11-20-9-10-22(12)18(24)17-15-3-2-4-16(15)23(21-17)14-7-5-13(19)6-8-14/h5-8,12,20H,2-4,9-11H2,1H3/t12-/m1/s1. The quantitative estimate of drug-likeness (QED) is 0.916. The normalized spacial score (nSPS) is 20.2. The van der Waals surface area contributed by atoms with Crippen molar-refractivity contribution in [2.45, 2.75) is 32.2 Å². The Labute approximate surface area is 140 Å². The summed E-state index contributed by atoms with van der Waals surface area (Å²) in [7, 11) is 0. The van der Waals surface area contributed by atoms with E-state index in [0.29, 0.717) is 12.2 Å². The van der Waals surface area contributed by atoms with E-state index in [4.69, 9.17) is 0 Å². The van der Waals surface area contributed by atoms with Crippen molar-refractivity contribution in [3.8, 4) is 5.69 Å². The number of hydrogen-bond donors (Lipinski definition) is 1. The second-order valence-corrected chi connectivity index (χ2v) is 6.57. The molecule has 126 valence electrons. The number of piperazine rings is 1. The highest BCUT2D eigenvalue weighted by Crippen LogP contribution is 2.29. The molecule has 2 heterocycles. The topological polar surface area (TPSA) is 50.2 Å². The summed E-state index contributed by atoms with van der Waals surface area (Å²) >= 11 is 0. The van der Waals surface area contributed by atoms with Gasteiger partial charge in [0.2, 0.25) is 0 Å². The Bertz CT molecular complexity index is 768. The molecule has 24 heavy (non-hydrogen) atoms. The van der Waals surface area contributed by atoms with Crippen molar-refractivity contribution in [1.82, 2.24) is 20.0 Å². The first kappa shape index (κ1) is 15.3. The number of carbonyl (C=O) groups is 1. The monoisotopic (exact) mass is 328 g/mol. The Kier molecular flexibility index (Phi) is 3.84. The van der Waals surface area contributed by atoms with E-state index >= 15 is 0 Å². The summed E-state index contributed by atoms with van der Waals surface area (Å²) in [6, 6.07) is 6.45. The molecule has 0 spiro atoms. The summed E-state index contributed by atoms with van der Waals surface area (Å²) < 4.78 is 15.0. The zero-order valence-electron chi connectivity index (χ0n) is 13.8. The third-order valence-electron chi connectivity index (χ3n) is 4.97. The average Bonchev–Trinajstić information content (AvgIpc) is 3.18. The first-order valence-corrected chi connectivity index (χ1v) is 8.53. The fourth-order valence-electron chi connectivity index (χ4n) is 3.68. The number of hydrogen-bond acceptors (Lipinski definition) is 3. The number of halogens is 1. The van der Waals surface area contributed by atoms with Crippen molar-refractivity contribution >= 4 is 5.91 Å². The van der Waals surface area contributed by atoms with Crippen LogP contribution in [0.25, 0.3) is 5.69 Å². The van der Waals surface area contributed by atoms with Crippen LogP contribution in [0.4, 0.5) is 4.39 Å². The number of rotatable bonds is 2. The van der Waals surface area contributed by atoms with E-state index in [-0.39, 0.29) is 17.8 Å². The number of carbonyl (C=O) groups excluding carboxylic acids is 1. The van der Waals surface area contributed by atoms with E-state index in [1.165, 1.54) is 12.1 Å². The molecule has 6 heteroatoms. The molecule has 1 aliphatic carbocycles. The fraction of sp³-hybridized carbons (Fsp3) is 0.444. The van der Waals surface area contributed by atoms with Crippen molar-refractivity contribution in [1.29, 1.82) is 0 Å². The second-order valence-electron chi connectivity index (χ2n) is 6.57. The summed E-state index contributed by atoms with van der Waals surface area (Å²) in [6.07, 6.45) is 2.83. The van der Waals surface area contributed by atoms with Crippen LogP contribution in [-0.2, 0) is 12.8 Å². The van der Waals surface area contributed by atoms with E-state index < -0.39 is 0 Å². The maximum atomic E-state index is 13.2. The molecule has 2 aliphatic rings. The van der Waals surface area contributed by atoms with Gasteiger partial charge in [-0.2, -0.15) is 5.10 Å². The van der Waals surface area contributed by atoms with E-state index in [9.17, 15) is 9.18 Å². The maximum Gasteiger partial charge on any atom is 0.274 e. The van der Waals surface area contributed by atoms with Crippen LogP contribution in [0, 0.1) is 5.82 Å². The molecule has 4 rings (SSSR count). The molecule has 0 unspecified atom stereocenters. The van der Waals surface area contributed by atoms with Gasteiger partial charge in [0, 0.05) is 36.9 Å². The Morgan fingerprint density at radius 3 is 2.83 bits per heavy atom. The van der Waals surface area contributed by atoms with Crippen molar-refractivity contribution in [2.75, 3.05) is 19.6 Å². The molecule has 1 N–H and O–H groups in total. The Balaban J connectivity index is 1.73. The lowest BCUT2D eigenvalue weighted by Crippen LogP contribution is -2.52. The van der Waals surface area contributed by atoms with Crippen molar-refractivity contribution in [2.24, 2.45) is 0 Å². The van der Waals surface area contributed by atoms with Gasteiger partial charge in [-0.25, -0.2) is 9.07 Å². The van der Waals surface area contributed by atoms with Crippen molar-refractivity contribution < 1.29 is 9.18 Å². The maximum absolute atomic E-state index is 13.2. The molecule has 0 bridgehead atoms. The summed E-state index contributed by atoms with van der Waals surface area (Å²) in [5.41, 5.74) is 3.53. The summed E-state index contributed by atoms with van der Waals surface area (Å²) in [5, 5.41) is 7.93. The number of benzene rings is 1. The van der Waals surface area contributed by atoms with Crippen LogP contribution < -0.4 is 5.32 Å². The van der Waals surface area contributed by atoms with Crippen LogP contribution in [0.5, 0.6) is 0 Å². The SMILES string of the molecule is C[C@@H]1CNCCN1C(=O)c1nn(-c2ccc(F)cc2)c2c1CCC2. The molecule has 1 saturated heterocycles. The zero-order chi connectivity index (χ0) is 16.7. The molecular weight excluding hydrogens is 307 g/mol. The lowest BCUT2D eigenvalue weighted by molar-refractivity contribution is 0.0648. The number of aromatic nitrogens is 2. The highest BCUT2D eigenvalue weighted by atomic mass is 19.1. The van der Waals surface area contributed by atoms with Crippen LogP contribution >= 0.6 is 0 Å². The lowest BCUT2D eigenvalue weighted by Gasteiger charge is -2.33. The molecule has 1 fully saturated rings. The molecule has 2 aromatic rings. The first-order chi connectivity index (χ1) is 11.6. The molecule has 1 atom stereocenters.